The Labute approximate surface area is 59.9 Å². The first-order valence-corrected chi connectivity index (χ1v) is 3.23. The number of rotatable bonds is 5. The summed E-state index contributed by atoms with van der Waals surface area (Å²) in [7, 11) is 0. The van der Waals surface area contributed by atoms with Crippen molar-refractivity contribution in [3.8, 4) is 0 Å². The van der Waals surface area contributed by atoms with E-state index in [4.69, 9.17) is 10.2 Å². The molecule has 0 saturated heterocycles. The Morgan fingerprint density at radius 1 is 1.70 bits per heavy atom. The number of carbonyl (C=O) groups is 1. The summed E-state index contributed by atoms with van der Waals surface area (Å²) in [5.74, 6) is -0.871. The van der Waals surface area contributed by atoms with Crippen molar-refractivity contribution in [2.24, 2.45) is 0 Å². The van der Waals surface area contributed by atoms with Crippen LogP contribution in [0.25, 0.3) is 0 Å². The number of carboxylic acid groups (broad SMARTS) is 1. The summed E-state index contributed by atoms with van der Waals surface area (Å²) in [6, 6.07) is 0.0705. The van der Waals surface area contributed by atoms with Gasteiger partial charge in [-0.05, 0) is 13.3 Å². The summed E-state index contributed by atoms with van der Waals surface area (Å²) < 4.78 is 0. The Morgan fingerprint density at radius 2 is 2.30 bits per heavy atom. The van der Waals surface area contributed by atoms with Gasteiger partial charge in [0.1, 0.15) is 0 Å². The number of hydrogen-bond acceptors (Lipinski definition) is 3. The van der Waals surface area contributed by atoms with E-state index in [9.17, 15) is 4.79 Å². The van der Waals surface area contributed by atoms with E-state index in [1.165, 1.54) is 0 Å². The highest BCUT2D eigenvalue weighted by atomic mass is 16.4. The molecule has 3 N–H and O–H groups in total. The van der Waals surface area contributed by atoms with Gasteiger partial charge >= 0.3 is 5.97 Å². The molecular weight excluding hydrogens is 134 g/mol. The fraction of sp³-hybridized carbons (Fsp3) is 0.833. The maximum atomic E-state index is 9.98. The third kappa shape index (κ3) is 5.53. The van der Waals surface area contributed by atoms with Crippen LogP contribution in [0.4, 0.5) is 0 Å². The van der Waals surface area contributed by atoms with Crippen LogP contribution >= 0.6 is 0 Å². The van der Waals surface area contributed by atoms with Crippen LogP contribution in [-0.4, -0.2) is 35.4 Å². The van der Waals surface area contributed by atoms with Crippen molar-refractivity contribution >= 4 is 5.97 Å². The van der Waals surface area contributed by atoms with Gasteiger partial charge < -0.3 is 15.5 Å². The molecule has 0 radical (unpaired) electrons. The van der Waals surface area contributed by atoms with Crippen molar-refractivity contribution in [3.63, 3.8) is 0 Å². The lowest BCUT2D eigenvalue weighted by Crippen LogP contribution is -2.31. The van der Waals surface area contributed by atoms with E-state index in [0.717, 1.165) is 0 Å². The lowest BCUT2D eigenvalue weighted by Gasteiger charge is -2.08. The molecule has 0 rings (SSSR count). The predicted octanol–water partition coefficient (Wildman–Crippen LogP) is -0.569. The lowest BCUT2D eigenvalue weighted by molar-refractivity contribution is -0.136. The molecule has 4 heteroatoms. The molecule has 0 spiro atoms. The van der Waals surface area contributed by atoms with E-state index >= 15 is 0 Å². The second-order valence-electron chi connectivity index (χ2n) is 2.19. The Morgan fingerprint density at radius 3 is 2.70 bits per heavy atom. The van der Waals surface area contributed by atoms with Gasteiger partial charge in [0.2, 0.25) is 0 Å². The van der Waals surface area contributed by atoms with Crippen LogP contribution in [0, 0.1) is 0 Å². The van der Waals surface area contributed by atoms with Gasteiger partial charge in [0, 0.05) is 12.6 Å². The molecule has 4 nitrogen and oxygen atoms in total. The molecule has 1 unspecified atom stereocenters. The monoisotopic (exact) mass is 147 g/mol. The third-order valence-corrected chi connectivity index (χ3v) is 1.16. The quantitative estimate of drug-likeness (QED) is 0.487. The van der Waals surface area contributed by atoms with Gasteiger partial charge in [-0.1, -0.05) is 0 Å². The minimum Gasteiger partial charge on any atom is -0.480 e. The van der Waals surface area contributed by atoms with Gasteiger partial charge in [-0.3, -0.25) is 4.79 Å². The summed E-state index contributed by atoms with van der Waals surface area (Å²) in [4.78, 5) is 9.98. The molecule has 0 aliphatic carbocycles. The van der Waals surface area contributed by atoms with Crippen LogP contribution in [0.15, 0.2) is 0 Å². The maximum absolute atomic E-state index is 9.98. The van der Waals surface area contributed by atoms with Gasteiger partial charge in [0.25, 0.3) is 0 Å². The standard InChI is InChI=1S/C6H13NO3/c1-5(2-3-8)7-4-6(9)10/h5,7-8H,2-4H2,1H3,(H,9,10). The number of aliphatic hydroxyl groups excluding tert-OH is 1. The van der Waals surface area contributed by atoms with Crippen LogP contribution in [0.5, 0.6) is 0 Å². The van der Waals surface area contributed by atoms with Crippen LogP contribution < -0.4 is 5.32 Å². The Bertz CT molecular complexity index is 105. The highest BCUT2D eigenvalue weighted by Gasteiger charge is 2.01. The zero-order chi connectivity index (χ0) is 7.98. The van der Waals surface area contributed by atoms with Gasteiger partial charge in [-0.2, -0.15) is 0 Å². The van der Waals surface area contributed by atoms with E-state index in [0.29, 0.717) is 6.42 Å². The normalized spacial score (nSPS) is 13.0. The molecule has 0 aromatic rings. The largest absolute Gasteiger partial charge is 0.480 e. The Balaban J connectivity index is 3.21. The SMILES string of the molecule is CC(CCO)NCC(=O)O. The number of hydrogen-bond donors (Lipinski definition) is 3. The molecule has 0 saturated carbocycles. The van der Waals surface area contributed by atoms with Gasteiger partial charge in [0.15, 0.2) is 0 Å². The van der Waals surface area contributed by atoms with Crippen molar-refractivity contribution in [2.45, 2.75) is 19.4 Å². The fourth-order valence-corrected chi connectivity index (χ4v) is 0.557. The van der Waals surface area contributed by atoms with Crippen LogP contribution in [-0.2, 0) is 4.79 Å². The molecule has 0 amide bonds. The molecular formula is C6H13NO3. The average molecular weight is 147 g/mol. The van der Waals surface area contributed by atoms with E-state index in [1.807, 2.05) is 6.92 Å². The van der Waals surface area contributed by atoms with Crippen molar-refractivity contribution in [1.29, 1.82) is 0 Å². The van der Waals surface area contributed by atoms with E-state index < -0.39 is 5.97 Å². The third-order valence-electron chi connectivity index (χ3n) is 1.16. The highest BCUT2D eigenvalue weighted by Crippen LogP contribution is 1.86. The zero-order valence-corrected chi connectivity index (χ0v) is 6.00. The van der Waals surface area contributed by atoms with Crippen molar-refractivity contribution in [3.05, 3.63) is 0 Å². The smallest absolute Gasteiger partial charge is 0.317 e. The molecule has 1 atom stereocenters. The summed E-state index contributed by atoms with van der Waals surface area (Å²) >= 11 is 0. The minimum absolute atomic E-state index is 0.0405. The molecule has 0 aromatic heterocycles. The van der Waals surface area contributed by atoms with E-state index in [-0.39, 0.29) is 19.2 Å². The molecule has 10 heavy (non-hydrogen) atoms. The fourth-order valence-electron chi connectivity index (χ4n) is 0.557. The molecule has 0 aliphatic rings. The number of nitrogens with one attached hydrogen (secondary N) is 1. The van der Waals surface area contributed by atoms with Crippen molar-refractivity contribution in [2.75, 3.05) is 13.2 Å². The van der Waals surface area contributed by atoms with Crippen molar-refractivity contribution in [1.82, 2.24) is 5.32 Å². The first kappa shape index (κ1) is 9.39. The first-order chi connectivity index (χ1) is 4.66. The molecule has 0 bridgehead atoms. The number of aliphatic hydroxyl groups is 1. The van der Waals surface area contributed by atoms with Gasteiger partial charge in [-0.25, -0.2) is 0 Å². The second kappa shape index (κ2) is 5.20. The molecule has 0 heterocycles. The van der Waals surface area contributed by atoms with E-state index in [2.05, 4.69) is 5.32 Å². The molecule has 60 valence electrons. The van der Waals surface area contributed by atoms with Crippen LogP contribution in [0.2, 0.25) is 0 Å². The van der Waals surface area contributed by atoms with Gasteiger partial charge in [0.05, 0.1) is 6.54 Å². The van der Waals surface area contributed by atoms with E-state index in [1.54, 1.807) is 0 Å². The van der Waals surface area contributed by atoms with Crippen LogP contribution in [0.3, 0.4) is 0 Å². The first-order valence-electron chi connectivity index (χ1n) is 3.23. The zero-order valence-electron chi connectivity index (χ0n) is 6.00. The predicted molar refractivity (Wildman–Crippen MR) is 36.8 cm³/mol. The minimum atomic E-state index is -0.871. The van der Waals surface area contributed by atoms with Crippen molar-refractivity contribution < 1.29 is 15.0 Å². The maximum Gasteiger partial charge on any atom is 0.317 e. The summed E-state index contributed by atoms with van der Waals surface area (Å²) in [5, 5.41) is 19.3. The second-order valence-corrected chi connectivity index (χ2v) is 2.19. The number of aliphatic carboxylic acids is 1. The van der Waals surface area contributed by atoms with Crippen LogP contribution in [0.1, 0.15) is 13.3 Å². The molecule has 0 fully saturated rings. The lowest BCUT2D eigenvalue weighted by atomic mass is 10.2. The summed E-state index contributed by atoms with van der Waals surface area (Å²) in [5.41, 5.74) is 0. The Hall–Kier alpha value is -0.610. The summed E-state index contributed by atoms with van der Waals surface area (Å²) in [6.45, 7) is 1.88. The average Bonchev–Trinajstić information content (AvgIpc) is 1.85. The summed E-state index contributed by atoms with van der Waals surface area (Å²) in [6.07, 6.45) is 0.591. The molecule has 0 aliphatic heterocycles. The topological polar surface area (TPSA) is 69.6 Å². The number of carboxylic acids is 1. The Kier molecular flexibility index (Phi) is 4.88. The molecule has 0 aromatic carbocycles. The highest BCUT2D eigenvalue weighted by molar-refractivity contribution is 5.69. The van der Waals surface area contributed by atoms with Gasteiger partial charge in [-0.15, -0.1) is 0 Å².